The van der Waals surface area contributed by atoms with Gasteiger partial charge < -0.3 is 10.2 Å². The normalized spacial score (nSPS) is 21.3. The average molecular weight is 369 g/mol. The van der Waals surface area contributed by atoms with Crippen LogP contribution in [0.3, 0.4) is 0 Å². The van der Waals surface area contributed by atoms with Crippen molar-refractivity contribution in [3.8, 4) is 0 Å². The molecular weight excluding hydrogens is 345 g/mol. The van der Waals surface area contributed by atoms with E-state index < -0.39 is 15.8 Å². The fourth-order valence-electron chi connectivity index (χ4n) is 3.04. The van der Waals surface area contributed by atoms with Crippen LogP contribution in [0, 0.1) is 11.7 Å². The molecule has 0 radical (unpaired) electrons. The molecule has 1 unspecified atom stereocenters. The van der Waals surface area contributed by atoms with Gasteiger partial charge >= 0.3 is 0 Å². The van der Waals surface area contributed by atoms with E-state index in [0.717, 1.165) is 19.0 Å². The van der Waals surface area contributed by atoms with Crippen LogP contribution in [-0.4, -0.2) is 51.4 Å². The number of halogens is 1. The number of hydrogen-bond donors (Lipinski definition) is 2. The highest BCUT2D eigenvalue weighted by Crippen LogP contribution is 2.27. The zero-order valence-corrected chi connectivity index (χ0v) is 14.9. The van der Waals surface area contributed by atoms with Crippen molar-refractivity contribution in [1.29, 1.82) is 0 Å². The van der Waals surface area contributed by atoms with E-state index in [4.69, 9.17) is 0 Å². The second kappa shape index (κ2) is 7.80. The number of nitrogens with one attached hydrogen (secondary N) is 2. The molecule has 0 aromatic heterocycles. The van der Waals surface area contributed by atoms with Crippen molar-refractivity contribution in [1.82, 2.24) is 14.9 Å². The maximum absolute atomic E-state index is 13.3. The van der Waals surface area contributed by atoms with Crippen LogP contribution in [0.1, 0.15) is 25.7 Å². The van der Waals surface area contributed by atoms with Crippen LogP contribution in [-0.2, 0) is 14.8 Å². The summed E-state index contributed by atoms with van der Waals surface area (Å²) < 4.78 is 40.6. The summed E-state index contributed by atoms with van der Waals surface area (Å²) in [6.45, 7) is 2.15. The number of carbonyl (C=O) groups excluding carboxylic acids is 1. The number of hydrogen-bond acceptors (Lipinski definition) is 4. The highest BCUT2D eigenvalue weighted by molar-refractivity contribution is 7.89. The molecule has 0 spiro atoms. The summed E-state index contributed by atoms with van der Waals surface area (Å²) >= 11 is 0. The molecule has 1 saturated heterocycles. The van der Waals surface area contributed by atoms with Gasteiger partial charge in [-0.1, -0.05) is 6.07 Å². The molecule has 25 heavy (non-hydrogen) atoms. The SMILES string of the molecule is O=C(CNCC1CC1)N1CCCC(NS(=O)(=O)c2cccc(F)c2)C1. The van der Waals surface area contributed by atoms with Crippen LogP contribution in [0.4, 0.5) is 4.39 Å². The Morgan fingerprint density at radius 2 is 2.08 bits per heavy atom. The van der Waals surface area contributed by atoms with E-state index in [1.807, 2.05) is 0 Å². The van der Waals surface area contributed by atoms with Crippen LogP contribution in [0.25, 0.3) is 0 Å². The molecule has 2 fully saturated rings. The van der Waals surface area contributed by atoms with Gasteiger partial charge in [0.2, 0.25) is 15.9 Å². The highest BCUT2D eigenvalue weighted by Gasteiger charge is 2.28. The Balaban J connectivity index is 1.54. The minimum Gasteiger partial charge on any atom is -0.340 e. The smallest absolute Gasteiger partial charge is 0.240 e. The fraction of sp³-hybridized carbons (Fsp3) is 0.588. The van der Waals surface area contributed by atoms with Gasteiger partial charge in [-0.25, -0.2) is 17.5 Å². The topological polar surface area (TPSA) is 78.5 Å². The van der Waals surface area contributed by atoms with Crippen molar-refractivity contribution in [3.05, 3.63) is 30.1 Å². The van der Waals surface area contributed by atoms with Gasteiger partial charge in [0.1, 0.15) is 5.82 Å². The summed E-state index contributed by atoms with van der Waals surface area (Å²) in [5.74, 6) is 0.111. The number of nitrogens with zero attached hydrogens (tertiary/aromatic N) is 1. The highest BCUT2D eigenvalue weighted by atomic mass is 32.2. The molecule has 6 nitrogen and oxygen atoms in total. The molecule has 1 atom stereocenters. The lowest BCUT2D eigenvalue weighted by atomic mass is 10.1. The zero-order chi connectivity index (χ0) is 17.9. The summed E-state index contributed by atoms with van der Waals surface area (Å²) in [5.41, 5.74) is 0. The molecule has 1 saturated carbocycles. The summed E-state index contributed by atoms with van der Waals surface area (Å²) in [7, 11) is -3.80. The number of sulfonamides is 1. The lowest BCUT2D eigenvalue weighted by molar-refractivity contribution is -0.131. The van der Waals surface area contributed by atoms with E-state index in [-0.39, 0.29) is 16.8 Å². The van der Waals surface area contributed by atoms with Crippen molar-refractivity contribution in [2.24, 2.45) is 5.92 Å². The Morgan fingerprint density at radius 1 is 1.28 bits per heavy atom. The van der Waals surface area contributed by atoms with Crippen LogP contribution in [0.2, 0.25) is 0 Å². The van der Waals surface area contributed by atoms with Gasteiger partial charge in [-0.05, 0) is 56.3 Å². The third-order valence-corrected chi connectivity index (χ3v) is 6.13. The largest absolute Gasteiger partial charge is 0.340 e. The molecule has 8 heteroatoms. The average Bonchev–Trinajstić information content (AvgIpc) is 3.39. The Kier molecular flexibility index (Phi) is 5.71. The van der Waals surface area contributed by atoms with Crippen LogP contribution in [0.5, 0.6) is 0 Å². The first-order chi connectivity index (χ1) is 11.9. The molecule has 1 aromatic carbocycles. The fourth-order valence-corrected chi connectivity index (χ4v) is 4.33. The first-order valence-corrected chi connectivity index (χ1v) is 10.2. The quantitative estimate of drug-likeness (QED) is 0.754. The van der Waals surface area contributed by atoms with Crippen molar-refractivity contribution in [2.75, 3.05) is 26.2 Å². The molecule has 2 N–H and O–H groups in total. The Hall–Kier alpha value is -1.51. The van der Waals surface area contributed by atoms with Crippen molar-refractivity contribution < 1.29 is 17.6 Å². The molecule has 1 aromatic rings. The number of likely N-dealkylation sites (tertiary alicyclic amines) is 1. The van der Waals surface area contributed by atoms with Gasteiger partial charge in [-0.15, -0.1) is 0 Å². The molecule has 1 amide bonds. The van der Waals surface area contributed by atoms with E-state index in [1.165, 1.54) is 31.0 Å². The third kappa shape index (κ3) is 5.23. The minimum atomic E-state index is -3.80. The maximum atomic E-state index is 13.3. The van der Waals surface area contributed by atoms with Gasteiger partial charge in [0, 0.05) is 19.1 Å². The van der Waals surface area contributed by atoms with E-state index in [9.17, 15) is 17.6 Å². The predicted molar refractivity (Wildman–Crippen MR) is 91.9 cm³/mol. The molecule has 2 aliphatic rings. The van der Waals surface area contributed by atoms with Crippen molar-refractivity contribution in [3.63, 3.8) is 0 Å². The number of benzene rings is 1. The second-order valence-corrected chi connectivity index (χ2v) is 8.55. The number of piperidine rings is 1. The zero-order valence-electron chi connectivity index (χ0n) is 14.1. The molecule has 0 bridgehead atoms. The van der Waals surface area contributed by atoms with Gasteiger partial charge in [0.25, 0.3) is 0 Å². The Labute approximate surface area is 147 Å². The lowest BCUT2D eigenvalue weighted by Crippen LogP contribution is -2.51. The molecule has 138 valence electrons. The molecule has 1 aliphatic carbocycles. The van der Waals surface area contributed by atoms with E-state index in [0.29, 0.717) is 32.0 Å². The second-order valence-electron chi connectivity index (χ2n) is 6.83. The summed E-state index contributed by atoms with van der Waals surface area (Å²) in [4.78, 5) is 13.9. The van der Waals surface area contributed by atoms with Crippen LogP contribution >= 0.6 is 0 Å². The molecule has 1 heterocycles. The Morgan fingerprint density at radius 3 is 2.80 bits per heavy atom. The van der Waals surface area contributed by atoms with Gasteiger partial charge in [-0.2, -0.15) is 0 Å². The van der Waals surface area contributed by atoms with Gasteiger partial charge in [-0.3, -0.25) is 4.79 Å². The van der Waals surface area contributed by atoms with E-state index >= 15 is 0 Å². The van der Waals surface area contributed by atoms with E-state index in [1.54, 1.807) is 4.90 Å². The first kappa shape index (κ1) is 18.3. The summed E-state index contributed by atoms with van der Waals surface area (Å²) in [6, 6.07) is 4.57. The number of amides is 1. The molecule has 1 aliphatic heterocycles. The van der Waals surface area contributed by atoms with Crippen LogP contribution < -0.4 is 10.0 Å². The van der Waals surface area contributed by atoms with Gasteiger partial charge in [0.05, 0.1) is 11.4 Å². The number of carbonyl (C=O) groups is 1. The maximum Gasteiger partial charge on any atom is 0.240 e. The minimum absolute atomic E-state index is 0.00435. The Bertz CT molecular complexity index is 722. The first-order valence-electron chi connectivity index (χ1n) is 8.70. The van der Waals surface area contributed by atoms with E-state index in [2.05, 4.69) is 10.0 Å². The monoisotopic (exact) mass is 369 g/mol. The predicted octanol–water partition coefficient (Wildman–Crippen LogP) is 1.09. The summed E-state index contributed by atoms with van der Waals surface area (Å²) in [6.07, 6.45) is 3.86. The standard InChI is InChI=1S/C17H24FN3O3S/c18-14-3-1-5-16(9-14)25(23,24)20-15-4-2-8-21(12-15)17(22)11-19-10-13-6-7-13/h1,3,5,9,13,15,19-20H,2,4,6-8,10-12H2. The number of rotatable bonds is 7. The summed E-state index contributed by atoms with van der Waals surface area (Å²) in [5, 5.41) is 3.17. The molecular formula is C17H24FN3O3S. The lowest BCUT2D eigenvalue weighted by Gasteiger charge is -2.33. The van der Waals surface area contributed by atoms with Crippen molar-refractivity contribution >= 4 is 15.9 Å². The van der Waals surface area contributed by atoms with Crippen LogP contribution in [0.15, 0.2) is 29.2 Å². The molecule has 3 rings (SSSR count). The van der Waals surface area contributed by atoms with Gasteiger partial charge in [0.15, 0.2) is 0 Å². The third-order valence-electron chi connectivity index (χ3n) is 4.61. The van der Waals surface area contributed by atoms with Crippen molar-refractivity contribution in [2.45, 2.75) is 36.6 Å².